The summed E-state index contributed by atoms with van der Waals surface area (Å²) in [6.07, 6.45) is 2.43. The number of fused-ring (bicyclic) bond motifs is 10. The van der Waals surface area contributed by atoms with Crippen molar-refractivity contribution in [3.8, 4) is 0 Å². The molecule has 2 aromatic heterocycles. The van der Waals surface area contributed by atoms with Crippen molar-refractivity contribution in [1.29, 1.82) is 0 Å². The fourth-order valence-electron chi connectivity index (χ4n) is 12.0. The van der Waals surface area contributed by atoms with E-state index in [-0.39, 0.29) is 69.4 Å². The number of hydrogen-bond acceptors (Lipinski definition) is 27. The highest BCUT2D eigenvalue weighted by atomic mass is 33.1. The van der Waals surface area contributed by atoms with E-state index in [2.05, 4.69) is 89.1 Å². The Morgan fingerprint density at radius 1 is 0.527 bits per heavy atom. The molecule has 0 aliphatic carbocycles. The first-order chi connectivity index (χ1) is 53.1. The van der Waals surface area contributed by atoms with Crippen LogP contribution in [0.2, 0.25) is 0 Å². The number of amides is 16. The first-order valence-corrected chi connectivity index (χ1v) is 40.7. The van der Waals surface area contributed by atoms with Crippen LogP contribution < -0.4 is 80.6 Å². The highest BCUT2D eigenvalue weighted by Gasteiger charge is 2.44. The molecule has 6 heterocycles. The van der Waals surface area contributed by atoms with Gasteiger partial charge in [0.1, 0.15) is 90.6 Å². The normalized spacial score (nSPS) is 28.0. The molecule has 2 bridgehead atoms. The van der Waals surface area contributed by atoms with Crippen LogP contribution in [0.1, 0.15) is 97.4 Å². The molecule has 0 spiro atoms. The van der Waals surface area contributed by atoms with E-state index in [4.69, 9.17) is 11.5 Å². The molecule has 6 rings (SSSR count). The lowest BCUT2D eigenvalue weighted by molar-refractivity contribution is -0.143. The second-order valence-corrected chi connectivity index (χ2v) is 32.5. The molecule has 0 radical (unpaired) electrons. The second-order valence-electron chi connectivity index (χ2n) is 27.4. The number of aromatic nitrogens is 4. The number of aliphatic hydroxyl groups is 2. The van der Waals surface area contributed by atoms with E-state index < -0.39 is 271 Å². The van der Waals surface area contributed by atoms with Crippen LogP contribution >= 0.6 is 43.2 Å². The number of carboxylic acids is 2. The number of primary amides is 1. The standard InChI is InChI=1S/C65H97N21O22S4/c1-29(2)14-35-53(95)83-44(65(107)108)26-112-111-25-43-59(101)79-39(21-87)55(97)78-38(16-33-20-69-28-71-33)64(106)85-12-6-8-45(85)60(102)72-31(5)51(93)81-42(24-110-109-23-41(57(99)82-43)73-48(90)18-66)58(100)80-40(22-88)56(98)84-50(30(3)4)62(104)76-36(17-47(67)89)54(96)77-37(15-32-19-68-27-70-32)63(105)86-13-7-9-46(86)61(103)74-34(52(94)75-35)10-11-49(91)92/h19-20,27-31,34-46,50,87-88H,6-18,21-26,66H2,1-5H3,(H2,67,89)(H,68,70)(H,69,71)(H,72,102)(H,73,90)(H,74,103)(H,75,94)(H,76,104)(H,77,96)(H,78,97)(H,79,101)(H,80,100)(H,81,93)(H,82,99)(H,83,95)(H,84,98)(H,91,92)(H,107,108)/t31-,34-,35-,36-,37-,38-,39-,40-,41-,42-,43-,44-,45-,46-,50-/m0/s1. The number of H-pyrrole nitrogens is 2. The minimum Gasteiger partial charge on any atom is -0.481 e. The van der Waals surface area contributed by atoms with Crippen LogP contribution in [-0.2, 0) is 99.1 Å². The molecule has 0 saturated carbocycles. The molecule has 618 valence electrons. The number of carbonyl (C=O) groups excluding carboxylic acids is 16. The molecule has 4 saturated heterocycles. The van der Waals surface area contributed by atoms with Crippen LogP contribution in [0.15, 0.2) is 25.0 Å². The van der Waals surface area contributed by atoms with Gasteiger partial charge in [0.15, 0.2) is 0 Å². The van der Waals surface area contributed by atoms with Gasteiger partial charge in [-0.1, -0.05) is 70.9 Å². The number of imidazole rings is 2. The molecule has 16 amide bonds. The minimum atomic E-state index is -1.96. The quantitative estimate of drug-likeness (QED) is 0.0654. The third-order valence-electron chi connectivity index (χ3n) is 18.0. The van der Waals surface area contributed by atoms with Crippen molar-refractivity contribution >= 4 is 150 Å². The second kappa shape index (κ2) is 44.4. The van der Waals surface area contributed by atoms with Crippen LogP contribution in [0.25, 0.3) is 0 Å². The van der Waals surface area contributed by atoms with Crippen LogP contribution in [0.3, 0.4) is 0 Å². The fraction of sp³-hybridized carbons (Fsp3) is 0.631. The van der Waals surface area contributed by atoms with E-state index >= 15 is 0 Å². The minimum absolute atomic E-state index is 0.0372. The van der Waals surface area contributed by atoms with Crippen molar-refractivity contribution < 1.29 is 107 Å². The number of nitrogens with two attached hydrogens (primary N) is 2. The summed E-state index contributed by atoms with van der Waals surface area (Å²) >= 11 is 0. The number of aliphatic hydroxyl groups excluding tert-OH is 2. The summed E-state index contributed by atoms with van der Waals surface area (Å²) < 4.78 is 0. The van der Waals surface area contributed by atoms with Gasteiger partial charge in [0, 0.05) is 79.1 Å². The summed E-state index contributed by atoms with van der Waals surface area (Å²) in [6.45, 7) is 4.22. The SMILES string of the molecule is CC(C)C[C@@H]1NC(=O)[C@H](CCC(=O)O)NC(=O)[C@@H]2CCCN2C(=O)[C@H](Cc2cnc[nH]2)NC(=O)[C@H](CC(N)=O)NC(=O)[C@H](C(C)C)NC(=O)[C@H](CO)NC(=O)[C@@H]2CSSC[C@H](NC(=O)CN)C(=O)N[C@@H](CSSC[C@@H](C(=O)O)NC1=O)C(=O)N[C@@H](CO)C(=O)N[C@@H](Cc1cnc[nH]1)C(=O)N1CCC[C@H]1C(=O)N[C@@H](C)C(=O)N2. The highest BCUT2D eigenvalue weighted by Crippen LogP contribution is 2.27. The van der Waals surface area contributed by atoms with E-state index in [1.807, 2.05) is 0 Å². The summed E-state index contributed by atoms with van der Waals surface area (Å²) in [5.41, 5.74) is 11.8. The van der Waals surface area contributed by atoms with E-state index in [9.17, 15) is 107 Å². The number of carbonyl (C=O) groups is 18. The predicted molar refractivity (Wildman–Crippen MR) is 400 cm³/mol. The lowest BCUT2D eigenvalue weighted by Crippen LogP contribution is -2.62. The average Bonchev–Trinajstić information content (AvgIpc) is 1.65. The maximum Gasteiger partial charge on any atom is 0.327 e. The first-order valence-electron chi connectivity index (χ1n) is 35.8. The van der Waals surface area contributed by atoms with Crippen molar-refractivity contribution in [2.75, 3.05) is 55.9 Å². The average molecular weight is 1650 g/mol. The molecule has 43 nitrogen and oxygen atoms in total. The third-order valence-corrected chi connectivity index (χ3v) is 22.8. The Morgan fingerprint density at radius 2 is 0.973 bits per heavy atom. The van der Waals surface area contributed by atoms with E-state index in [1.165, 1.54) is 45.8 Å². The first kappa shape index (κ1) is 91.0. The smallest absolute Gasteiger partial charge is 0.327 e. The van der Waals surface area contributed by atoms with Crippen LogP contribution in [0.4, 0.5) is 0 Å². The van der Waals surface area contributed by atoms with Crippen molar-refractivity contribution in [3.63, 3.8) is 0 Å². The Kier molecular flexibility index (Phi) is 36.1. The Morgan fingerprint density at radius 3 is 1.45 bits per heavy atom. The molecule has 4 fully saturated rings. The van der Waals surface area contributed by atoms with Gasteiger partial charge in [0.05, 0.1) is 38.8 Å². The number of nitrogens with zero attached hydrogens (tertiary/aromatic N) is 4. The zero-order chi connectivity index (χ0) is 82.6. The van der Waals surface area contributed by atoms with Crippen molar-refractivity contribution in [3.05, 3.63) is 36.4 Å². The monoisotopic (exact) mass is 1650 g/mol. The molecule has 0 aromatic carbocycles. The van der Waals surface area contributed by atoms with Gasteiger partial charge < -0.3 is 121 Å². The number of rotatable bonds is 17. The van der Waals surface area contributed by atoms with Gasteiger partial charge in [0.2, 0.25) is 94.5 Å². The summed E-state index contributed by atoms with van der Waals surface area (Å²) in [6, 6.07) is -25.2. The number of aliphatic carboxylic acids is 2. The zero-order valence-electron chi connectivity index (χ0n) is 61.8. The number of carboxylic acid groups (broad SMARTS) is 2. The number of aromatic amines is 2. The molecule has 2 aromatic rings. The van der Waals surface area contributed by atoms with Gasteiger partial charge in [-0.15, -0.1) is 0 Å². The molecular formula is C65H97N21O22S4. The Bertz CT molecular complexity index is 3710. The fourth-order valence-corrected chi connectivity index (χ4v) is 16.7. The maximum atomic E-state index is 14.9. The summed E-state index contributed by atoms with van der Waals surface area (Å²) in [4.78, 5) is 269. The lowest BCUT2D eigenvalue weighted by Gasteiger charge is -2.31. The molecule has 15 atom stereocenters. The van der Waals surface area contributed by atoms with Crippen molar-refractivity contribution in [2.24, 2.45) is 23.3 Å². The Hall–Kier alpha value is -9.84. The summed E-state index contributed by atoms with van der Waals surface area (Å²) in [5.74, 6) is -23.5. The van der Waals surface area contributed by atoms with Gasteiger partial charge in [-0.25, -0.2) is 14.8 Å². The van der Waals surface area contributed by atoms with Crippen molar-refractivity contribution in [1.82, 2.24) is 98.9 Å². The van der Waals surface area contributed by atoms with Crippen LogP contribution in [0.5, 0.6) is 0 Å². The van der Waals surface area contributed by atoms with Gasteiger partial charge in [-0.3, -0.25) is 81.5 Å². The summed E-state index contributed by atoms with van der Waals surface area (Å²) in [7, 11) is 3.02. The molecular weight excluding hydrogens is 1560 g/mol. The molecule has 23 N–H and O–H groups in total. The van der Waals surface area contributed by atoms with Crippen LogP contribution in [0, 0.1) is 11.8 Å². The van der Waals surface area contributed by atoms with Gasteiger partial charge >= 0.3 is 11.9 Å². The van der Waals surface area contributed by atoms with E-state index in [0.29, 0.717) is 0 Å². The Balaban J connectivity index is 1.45. The predicted octanol–water partition coefficient (Wildman–Crippen LogP) is -8.52. The van der Waals surface area contributed by atoms with E-state index in [0.717, 1.165) is 53.0 Å². The number of nitrogens with one attached hydrogen (secondary N) is 15. The maximum absolute atomic E-state index is 14.9. The summed E-state index contributed by atoms with van der Waals surface area (Å²) in [5, 5.41) is 73.5. The van der Waals surface area contributed by atoms with E-state index in [1.54, 1.807) is 13.8 Å². The molecule has 47 heteroatoms. The van der Waals surface area contributed by atoms with Gasteiger partial charge in [-0.05, 0) is 57.3 Å². The molecule has 4 aliphatic rings. The molecule has 112 heavy (non-hydrogen) atoms. The van der Waals surface area contributed by atoms with Gasteiger partial charge in [0.25, 0.3) is 0 Å². The van der Waals surface area contributed by atoms with Gasteiger partial charge in [-0.2, -0.15) is 0 Å². The Labute approximate surface area is 657 Å². The molecule has 4 aliphatic heterocycles. The largest absolute Gasteiger partial charge is 0.481 e. The third kappa shape index (κ3) is 27.5. The highest BCUT2D eigenvalue weighted by molar-refractivity contribution is 8.77. The zero-order valence-corrected chi connectivity index (χ0v) is 65.0. The molecule has 0 unspecified atom stereocenters. The topological polar surface area (TPSA) is 660 Å². The number of hydrogen-bond donors (Lipinski definition) is 21. The van der Waals surface area contributed by atoms with Crippen LogP contribution in [-0.4, -0.2) is 303 Å². The van der Waals surface area contributed by atoms with Crippen molar-refractivity contribution in [2.45, 2.75) is 189 Å². The lowest BCUT2D eigenvalue weighted by atomic mass is 10.0.